The molecule has 0 bridgehead atoms. The van der Waals surface area contributed by atoms with Crippen LogP contribution in [0.2, 0.25) is 0 Å². The maximum absolute atomic E-state index is 11.7. The van der Waals surface area contributed by atoms with Crippen LogP contribution < -0.4 is 16.0 Å². The van der Waals surface area contributed by atoms with Gasteiger partial charge in [0.1, 0.15) is 12.1 Å². The first-order valence-electron chi connectivity index (χ1n) is 6.39. The molecule has 1 aliphatic heterocycles. The Labute approximate surface area is 107 Å². The molecule has 0 saturated carbocycles. The summed E-state index contributed by atoms with van der Waals surface area (Å²) < 4.78 is 0. The molecule has 6 heteroatoms. The third-order valence-corrected chi connectivity index (χ3v) is 2.97. The van der Waals surface area contributed by atoms with E-state index in [9.17, 15) is 14.4 Å². The van der Waals surface area contributed by atoms with Crippen molar-refractivity contribution in [2.45, 2.75) is 51.6 Å². The summed E-state index contributed by atoms with van der Waals surface area (Å²) >= 11 is 0. The molecular formula is C12H21N3O3. The predicted octanol–water partition coefficient (Wildman–Crippen LogP) is -0.314. The molecule has 0 aromatic carbocycles. The highest BCUT2D eigenvalue weighted by Crippen LogP contribution is 2.07. The van der Waals surface area contributed by atoms with Crippen molar-refractivity contribution in [1.29, 1.82) is 0 Å². The molecule has 0 aromatic rings. The molecule has 0 radical (unpaired) electrons. The van der Waals surface area contributed by atoms with Gasteiger partial charge in [0, 0.05) is 13.5 Å². The summed E-state index contributed by atoms with van der Waals surface area (Å²) in [4.78, 5) is 33.9. The fourth-order valence-corrected chi connectivity index (χ4v) is 1.90. The van der Waals surface area contributed by atoms with E-state index in [1.807, 2.05) is 6.92 Å². The average Bonchev–Trinajstić information content (AvgIpc) is 2.32. The highest BCUT2D eigenvalue weighted by molar-refractivity contribution is 5.96. The van der Waals surface area contributed by atoms with Crippen LogP contribution in [0.3, 0.4) is 0 Å². The summed E-state index contributed by atoms with van der Waals surface area (Å²) in [5, 5.41) is 8.13. The van der Waals surface area contributed by atoms with Gasteiger partial charge in [0.2, 0.25) is 17.7 Å². The van der Waals surface area contributed by atoms with E-state index in [1.54, 1.807) is 0 Å². The molecule has 1 saturated heterocycles. The Bertz CT molecular complexity index is 331. The summed E-state index contributed by atoms with van der Waals surface area (Å²) in [6.07, 6.45) is 2.80. The first kappa shape index (κ1) is 14.5. The second-order valence-electron chi connectivity index (χ2n) is 4.51. The Balaban J connectivity index is 2.24. The van der Waals surface area contributed by atoms with Gasteiger partial charge in [-0.1, -0.05) is 6.92 Å². The number of unbranched alkanes of at least 4 members (excludes halogenated alkanes) is 1. The Morgan fingerprint density at radius 3 is 2.39 bits per heavy atom. The van der Waals surface area contributed by atoms with Crippen molar-refractivity contribution in [3.8, 4) is 0 Å². The molecule has 0 aromatic heterocycles. The molecule has 102 valence electrons. The number of rotatable bonds is 6. The molecule has 6 nitrogen and oxygen atoms in total. The van der Waals surface area contributed by atoms with Crippen molar-refractivity contribution in [2.75, 3.05) is 6.54 Å². The SMILES string of the molecule is CCC1NC(=O)C(CCCCNC(C)=O)NC1=O. The molecule has 2 atom stereocenters. The third-order valence-electron chi connectivity index (χ3n) is 2.97. The van der Waals surface area contributed by atoms with Gasteiger partial charge in [-0.25, -0.2) is 0 Å². The Hall–Kier alpha value is -1.59. The van der Waals surface area contributed by atoms with Gasteiger partial charge in [0.05, 0.1) is 0 Å². The second kappa shape index (κ2) is 6.98. The van der Waals surface area contributed by atoms with Crippen LogP contribution >= 0.6 is 0 Å². The lowest BCUT2D eigenvalue weighted by molar-refractivity contribution is -0.137. The van der Waals surface area contributed by atoms with Crippen LogP contribution in [0.5, 0.6) is 0 Å². The van der Waals surface area contributed by atoms with E-state index in [1.165, 1.54) is 6.92 Å². The Kier molecular flexibility index (Phi) is 5.61. The molecule has 1 aliphatic rings. The lowest BCUT2D eigenvalue weighted by atomic mass is 10.0. The van der Waals surface area contributed by atoms with Gasteiger partial charge < -0.3 is 16.0 Å². The summed E-state index contributed by atoms with van der Waals surface area (Å²) in [6.45, 7) is 3.94. The number of hydrogen-bond donors (Lipinski definition) is 3. The predicted molar refractivity (Wildman–Crippen MR) is 66.7 cm³/mol. The van der Waals surface area contributed by atoms with Crippen LogP contribution in [-0.2, 0) is 14.4 Å². The molecule has 0 aliphatic carbocycles. The van der Waals surface area contributed by atoms with Crippen LogP contribution in [0.1, 0.15) is 39.5 Å². The van der Waals surface area contributed by atoms with Crippen LogP contribution in [-0.4, -0.2) is 36.3 Å². The highest BCUT2D eigenvalue weighted by Gasteiger charge is 2.31. The van der Waals surface area contributed by atoms with Crippen LogP contribution in [0.4, 0.5) is 0 Å². The minimum absolute atomic E-state index is 0.0514. The minimum Gasteiger partial charge on any atom is -0.356 e. The Morgan fingerprint density at radius 1 is 1.17 bits per heavy atom. The highest BCUT2D eigenvalue weighted by atomic mass is 16.2. The molecule has 3 N–H and O–H groups in total. The quantitative estimate of drug-likeness (QED) is 0.569. The van der Waals surface area contributed by atoms with E-state index in [2.05, 4.69) is 16.0 Å². The topological polar surface area (TPSA) is 87.3 Å². The summed E-state index contributed by atoms with van der Waals surface area (Å²) in [7, 11) is 0. The van der Waals surface area contributed by atoms with E-state index in [0.29, 0.717) is 19.4 Å². The van der Waals surface area contributed by atoms with Crippen molar-refractivity contribution in [3.63, 3.8) is 0 Å². The number of nitrogens with one attached hydrogen (secondary N) is 3. The smallest absolute Gasteiger partial charge is 0.243 e. The summed E-state index contributed by atoms with van der Waals surface area (Å²) in [6, 6.07) is -0.828. The van der Waals surface area contributed by atoms with Crippen molar-refractivity contribution in [2.24, 2.45) is 0 Å². The Morgan fingerprint density at radius 2 is 1.78 bits per heavy atom. The second-order valence-corrected chi connectivity index (χ2v) is 4.51. The lowest BCUT2D eigenvalue weighted by Gasteiger charge is -2.28. The monoisotopic (exact) mass is 255 g/mol. The largest absolute Gasteiger partial charge is 0.356 e. The summed E-state index contributed by atoms with van der Waals surface area (Å²) in [5.41, 5.74) is 0. The maximum atomic E-state index is 11.7. The molecule has 1 heterocycles. The van der Waals surface area contributed by atoms with Gasteiger partial charge in [0.15, 0.2) is 0 Å². The van der Waals surface area contributed by atoms with E-state index < -0.39 is 12.1 Å². The maximum Gasteiger partial charge on any atom is 0.243 e. The molecule has 2 unspecified atom stereocenters. The van der Waals surface area contributed by atoms with Crippen molar-refractivity contribution in [1.82, 2.24) is 16.0 Å². The first-order chi connectivity index (χ1) is 8.54. The zero-order valence-corrected chi connectivity index (χ0v) is 10.9. The van der Waals surface area contributed by atoms with E-state index in [0.717, 1.165) is 12.8 Å². The third kappa shape index (κ3) is 4.35. The fraction of sp³-hybridized carbons (Fsp3) is 0.750. The molecule has 3 amide bonds. The number of carbonyl (C=O) groups is 3. The van der Waals surface area contributed by atoms with E-state index in [-0.39, 0.29) is 17.7 Å². The van der Waals surface area contributed by atoms with Gasteiger partial charge in [-0.05, 0) is 25.7 Å². The molecule has 18 heavy (non-hydrogen) atoms. The number of carbonyl (C=O) groups excluding carboxylic acids is 3. The van der Waals surface area contributed by atoms with Gasteiger partial charge in [0.25, 0.3) is 0 Å². The molecule has 1 rings (SSSR count). The van der Waals surface area contributed by atoms with Gasteiger partial charge in [-0.3, -0.25) is 14.4 Å². The number of hydrogen-bond acceptors (Lipinski definition) is 3. The molecule has 0 spiro atoms. The van der Waals surface area contributed by atoms with Gasteiger partial charge >= 0.3 is 0 Å². The van der Waals surface area contributed by atoms with Crippen molar-refractivity contribution in [3.05, 3.63) is 0 Å². The van der Waals surface area contributed by atoms with Crippen molar-refractivity contribution < 1.29 is 14.4 Å². The summed E-state index contributed by atoms with van der Waals surface area (Å²) in [5.74, 6) is -0.269. The standard InChI is InChI=1S/C12H21N3O3/c1-3-9-11(17)15-10(12(18)14-9)6-4-5-7-13-8(2)16/h9-10H,3-7H2,1-2H3,(H,13,16)(H,14,18)(H,15,17). The zero-order valence-electron chi connectivity index (χ0n) is 10.9. The number of piperazine rings is 1. The molecule has 1 fully saturated rings. The minimum atomic E-state index is -0.433. The molecular weight excluding hydrogens is 234 g/mol. The number of amides is 3. The first-order valence-corrected chi connectivity index (χ1v) is 6.39. The van der Waals surface area contributed by atoms with E-state index >= 15 is 0 Å². The normalized spacial score (nSPS) is 23.2. The van der Waals surface area contributed by atoms with Gasteiger partial charge in [-0.2, -0.15) is 0 Å². The van der Waals surface area contributed by atoms with Gasteiger partial charge in [-0.15, -0.1) is 0 Å². The van der Waals surface area contributed by atoms with Crippen LogP contribution in [0.15, 0.2) is 0 Å². The van der Waals surface area contributed by atoms with Crippen LogP contribution in [0.25, 0.3) is 0 Å². The zero-order chi connectivity index (χ0) is 13.5. The fourth-order valence-electron chi connectivity index (χ4n) is 1.90. The van der Waals surface area contributed by atoms with Crippen molar-refractivity contribution >= 4 is 17.7 Å². The lowest BCUT2D eigenvalue weighted by Crippen LogP contribution is -2.61. The average molecular weight is 255 g/mol. The van der Waals surface area contributed by atoms with Crippen LogP contribution in [0, 0.1) is 0 Å². The van der Waals surface area contributed by atoms with E-state index in [4.69, 9.17) is 0 Å².